The maximum atomic E-state index is 10.8. The Morgan fingerprint density at radius 1 is 1.53 bits per heavy atom. The summed E-state index contributed by atoms with van der Waals surface area (Å²) in [5.41, 5.74) is 1.62. The zero-order valence-electron chi connectivity index (χ0n) is 11.2. The van der Waals surface area contributed by atoms with E-state index < -0.39 is 4.92 Å². The molecule has 2 rings (SSSR count). The molecule has 0 amide bonds. The van der Waals surface area contributed by atoms with E-state index >= 15 is 0 Å². The molecule has 1 aliphatic rings. The summed E-state index contributed by atoms with van der Waals surface area (Å²) in [7, 11) is 0. The molecule has 0 saturated carbocycles. The van der Waals surface area contributed by atoms with E-state index in [4.69, 9.17) is 0 Å². The predicted molar refractivity (Wildman–Crippen MR) is 74.2 cm³/mol. The topological polar surface area (TPSA) is 66.6 Å². The summed E-state index contributed by atoms with van der Waals surface area (Å²) < 4.78 is 0. The van der Waals surface area contributed by atoms with Crippen molar-refractivity contribution in [2.45, 2.75) is 32.8 Å². The maximum Gasteiger partial charge on any atom is 0.269 e. The number of hydrogen-bond donors (Lipinski definition) is 1. The summed E-state index contributed by atoms with van der Waals surface area (Å²) >= 11 is 0. The number of nitro groups is 1. The van der Waals surface area contributed by atoms with Gasteiger partial charge in [-0.25, -0.2) is 0 Å². The van der Waals surface area contributed by atoms with E-state index in [9.17, 15) is 15.2 Å². The van der Waals surface area contributed by atoms with Gasteiger partial charge < -0.3 is 10.0 Å². The lowest BCUT2D eigenvalue weighted by atomic mass is 9.94. The third kappa shape index (κ3) is 3.04. The summed E-state index contributed by atoms with van der Waals surface area (Å²) in [6.07, 6.45) is 3.53. The molecule has 1 atom stereocenters. The van der Waals surface area contributed by atoms with Gasteiger partial charge in [-0.05, 0) is 24.8 Å². The minimum atomic E-state index is -0.423. The number of rotatable bonds is 4. The molecule has 1 aliphatic heterocycles. The van der Waals surface area contributed by atoms with Gasteiger partial charge in [0.05, 0.1) is 11.5 Å². The van der Waals surface area contributed by atoms with Crippen LogP contribution in [0.25, 0.3) is 0 Å². The molecule has 5 heteroatoms. The van der Waals surface area contributed by atoms with Crippen LogP contribution in [0.1, 0.15) is 31.7 Å². The second kappa shape index (κ2) is 6.02. The molecular weight excluding hydrogens is 244 g/mol. The van der Waals surface area contributed by atoms with E-state index in [2.05, 4.69) is 11.8 Å². The van der Waals surface area contributed by atoms with E-state index in [1.54, 1.807) is 6.07 Å². The van der Waals surface area contributed by atoms with Crippen molar-refractivity contribution >= 4 is 11.4 Å². The van der Waals surface area contributed by atoms with Crippen LogP contribution in [-0.2, 0) is 6.61 Å². The second-order valence-electron chi connectivity index (χ2n) is 5.09. The summed E-state index contributed by atoms with van der Waals surface area (Å²) in [6.45, 7) is 3.96. The second-order valence-corrected chi connectivity index (χ2v) is 5.09. The molecule has 1 N–H and O–H groups in total. The van der Waals surface area contributed by atoms with Gasteiger partial charge in [0.1, 0.15) is 0 Å². The Kier molecular flexibility index (Phi) is 4.37. The molecule has 104 valence electrons. The average Bonchev–Trinajstić information content (AvgIpc) is 2.46. The van der Waals surface area contributed by atoms with Gasteiger partial charge in [0, 0.05) is 36.5 Å². The number of piperidine rings is 1. The Bertz CT molecular complexity index is 462. The van der Waals surface area contributed by atoms with Crippen molar-refractivity contribution < 1.29 is 10.0 Å². The van der Waals surface area contributed by atoms with Gasteiger partial charge in [0.15, 0.2) is 0 Å². The van der Waals surface area contributed by atoms with Crippen LogP contribution < -0.4 is 4.90 Å². The molecule has 0 bridgehead atoms. The van der Waals surface area contributed by atoms with E-state index in [-0.39, 0.29) is 12.3 Å². The van der Waals surface area contributed by atoms with Crippen molar-refractivity contribution in [3.63, 3.8) is 0 Å². The quantitative estimate of drug-likeness (QED) is 0.670. The van der Waals surface area contributed by atoms with Crippen molar-refractivity contribution in [2.24, 2.45) is 5.92 Å². The lowest BCUT2D eigenvalue weighted by molar-refractivity contribution is -0.384. The molecule has 0 aliphatic carbocycles. The van der Waals surface area contributed by atoms with E-state index in [0.717, 1.165) is 31.6 Å². The minimum Gasteiger partial charge on any atom is -0.392 e. The van der Waals surface area contributed by atoms with Crippen molar-refractivity contribution in [1.29, 1.82) is 0 Å². The number of aliphatic hydroxyl groups is 1. The molecule has 19 heavy (non-hydrogen) atoms. The molecule has 1 aromatic carbocycles. The van der Waals surface area contributed by atoms with Crippen LogP contribution in [0.2, 0.25) is 0 Å². The highest BCUT2D eigenvalue weighted by Crippen LogP contribution is 2.30. The molecule has 0 aromatic heterocycles. The number of benzene rings is 1. The molecule has 1 unspecified atom stereocenters. The lowest BCUT2D eigenvalue weighted by Crippen LogP contribution is -2.35. The third-order valence-corrected chi connectivity index (χ3v) is 3.88. The molecule has 1 saturated heterocycles. The Morgan fingerprint density at radius 3 is 2.95 bits per heavy atom. The Hall–Kier alpha value is -1.62. The number of anilines is 1. The first-order valence-electron chi connectivity index (χ1n) is 6.78. The van der Waals surface area contributed by atoms with Crippen LogP contribution in [-0.4, -0.2) is 23.1 Å². The Labute approximate surface area is 113 Å². The highest BCUT2D eigenvalue weighted by molar-refractivity contribution is 5.58. The first-order valence-corrected chi connectivity index (χ1v) is 6.78. The van der Waals surface area contributed by atoms with Crippen molar-refractivity contribution in [3.05, 3.63) is 33.9 Å². The fourth-order valence-electron chi connectivity index (χ4n) is 2.74. The average molecular weight is 264 g/mol. The monoisotopic (exact) mass is 264 g/mol. The van der Waals surface area contributed by atoms with Gasteiger partial charge in [-0.15, -0.1) is 0 Å². The van der Waals surface area contributed by atoms with Crippen molar-refractivity contribution in [2.75, 3.05) is 18.0 Å². The first-order chi connectivity index (χ1) is 9.15. The van der Waals surface area contributed by atoms with Crippen LogP contribution in [0.4, 0.5) is 11.4 Å². The SMILES string of the molecule is CCC1CCCN(c2ccc([N+](=O)[O-])cc2CO)C1. The fourth-order valence-corrected chi connectivity index (χ4v) is 2.74. The number of nitrogens with zero attached hydrogens (tertiary/aromatic N) is 2. The standard InChI is InChI=1S/C14H20N2O3/c1-2-11-4-3-7-15(9-11)14-6-5-13(16(18)19)8-12(14)10-17/h5-6,8,11,17H,2-4,7,9-10H2,1H3. The van der Waals surface area contributed by atoms with Crippen LogP contribution in [0.15, 0.2) is 18.2 Å². The normalized spacial score (nSPS) is 19.5. The van der Waals surface area contributed by atoms with Crippen molar-refractivity contribution in [1.82, 2.24) is 0 Å². The first kappa shape index (κ1) is 13.8. The summed E-state index contributed by atoms with van der Waals surface area (Å²) in [5.74, 6) is 0.676. The smallest absolute Gasteiger partial charge is 0.269 e. The van der Waals surface area contributed by atoms with Crippen molar-refractivity contribution in [3.8, 4) is 0 Å². The van der Waals surface area contributed by atoms with Crippen LogP contribution in [0.3, 0.4) is 0 Å². The zero-order valence-corrected chi connectivity index (χ0v) is 11.2. The maximum absolute atomic E-state index is 10.8. The largest absolute Gasteiger partial charge is 0.392 e. The van der Waals surface area contributed by atoms with E-state index in [0.29, 0.717) is 11.5 Å². The van der Waals surface area contributed by atoms with Crippen LogP contribution in [0.5, 0.6) is 0 Å². The molecule has 1 heterocycles. The molecule has 0 spiro atoms. The van der Waals surface area contributed by atoms with Crippen LogP contribution in [0, 0.1) is 16.0 Å². The highest BCUT2D eigenvalue weighted by atomic mass is 16.6. The summed E-state index contributed by atoms with van der Waals surface area (Å²) in [6, 6.07) is 4.76. The van der Waals surface area contributed by atoms with E-state index in [1.165, 1.54) is 18.6 Å². The van der Waals surface area contributed by atoms with Gasteiger partial charge in [-0.3, -0.25) is 10.1 Å². The number of hydrogen-bond acceptors (Lipinski definition) is 4. The predicted octanol–water partition coefficient (Wildman–Crippen LogP) is 2.71. The summed E-state index contributed by atoms with van der Waals surface area (Å²) in [5, 5.41) is 20.2. The third-order valence-electron chi connectivity index (χ3n) is 3.88. The Morgan fingerprint density at radius 2 is 2.32 bits per heavy atom. The molecule has 1 aromatic rings. The minimum absolute atomic E-state index is 0.0388. The highest BCUT2D eigenvalue weighted by Gasteiger charge is 2.21. The van der Waals surface area contributed by atoms with Gasteiger partial charge in [0.2, 0.25) is 0 Å². The fraction of sp³-hybridized carbons (Fsp3) is 0.571. The van der Waals surface area contributed by atoms with Gasteiger partial charge >= 0.3 is 0 Å². The van der Waals surface area contributed by atoms with Gasteiger partial charge in [0.25, 0.3) is 5.69 Å². The summed E-state index contributed by atoms with van der Waals surface area (Å²) in [4.78, 5) is 12.6. The number of nitro benzene ring substituents is 1. The molecule has 0 radical (unpaired) electrons. The Balaban J connectivity index is 2.26. The van der Waals surface area contributed by atoms with E-state index in [1.807, 2.05) is 0 Å². The lowest BCUT2D eigenvalue weighted by Gasteiger charge is -2.35. The van der Waals surface area contributed by atoms with Gasteiger partial charge in [-0.1, -0.05) is 13.3 Å². The zero-order chi connectivity index (χ0) is 13.8. The molecule has 5 nitrogen and oxygen atoms in total. The van der Waals surface area contributed by atoms with Gasteiger partial charge in [-0.2, -0.15) is 0 Å². The van der Waals surface area contributed by atoms with Crippen LogP contribution >= 0.6 is 0 Å². The number of aliphatic hydroxyl groups excluding tert-OH is 1. The molecule has 1 fully saturated rings. The molecular formula is C14H20N2O3. The number of non-ortho nitro benzene ring substituents is 1.